The number of fused-ring (bicyclic) bond motifs is 1. The molecule has 36 heavy (non-hydrogen) atoms. The van der Waals surface area contributed by atoms with Crippen molar-refractivity contribution >= 4 is 23.1 Å². The summed E-state index contributed by atoms with van der Waals surface area (Å²) >= 11 is 0. The summed E-state index contributed by atoms with van der Waals surface area (Å²) in [7, 11) is 0. The first-order chi connectivity index (χ1) is 17.6. The molecule has 4 nitrogen and oxygen atoms in total. The molecule has 0 spiro atoms. The van der Waals surface area contributed by atoms with Crippen molar-refractivity contribution in [2.75, 3.05) is 10.2 Å². The Kier molecular flexibility index (Phi) is 7.04. The number of hydrogen-bond donors (Lipinski definition) is 1. The SMILES string of the molecule is CCCCCC(=O)N1c2ccccc2NC2=C(C(=O)CC(c3ccc(C)cc3)C2)C1c1ccccc1. The number of rotatable bonds is 6. The molecular formula is C32H34N2O2. The number of allylic oxidation sites excluding steroid dienone is 1. The Morgan fingerprint density at radius 1 is 0.889 bits per heavy atom. The number of ketones is 1. The van der Waals surface area contributed by atoms with Gasteiger partial charge >= 0.3 is 0 Å². The van der Waals surface area contributed by atoms with Crippen molar-refractivity contribution < 1.29 is 9.59 Å². The van der Waals surface area contributed by atoms with Gasteiger partial charge in [0, 0.05) is 24.1 Å². The Morgan fingerprint density at radius 2 is 1.61 bits per heavy atom. The maximum absolute atomic E-state index is 14.0. The second-order valence-electron chi connectivity index (χ2n) is 10.0. The van der Waals surface area contributed by atoms with Crippen molar-refractivity contribution in [1.82, 2.24) is 0 Å². The third kappa shape index (κ3) is 4.73. The number of aryl methyl sites for hydroxylation is 1. The maximum atomic E-state index is 14.0. The van der Waals surface area contributed by atoms with Crippen LogP contribution in [0.15, 0.2) is 90.1 Å². The van der Waals surface area contributed by atoms with Gasteiger partial charge in [-0.1, -0.05) is 92.1 Å². The number of para-hydroxylation sites is 2. The van der Waals surface area contributed by atoms with Gasteiger partial charge in [-0.15, -0.1) is 0 Å². The third-order valence-corrected chi connectivity index (χ3v) is 7.42. The fraction of sp³-hybridized carbons (Fsp3) is 0.312. The van der Waals surface area contributed by atoms with Crippen LogP contribution in [0.25, 0.3) is 0 Å². The molecule has 0 aromatic heterocycles. The Labute approximate surface area is 214 Å². The second kappa shape index (κ2) is 10.5. The Bertz CT molecular complexity index is 1280. The molecule has 1 heterocycles. The standard InChI is InChI=1S/C32H34N2O2/c1-3-4-6-15-30(36)34-28-14-10-9-13-26(28)33-27-20-25(23-18-16-22(2)17-19-23)21-29(35)31(27)32(34)24-11-7-5-8-12-24/h5,7-14,16-19,25,32-33H,3-4,6,15,20-21H2,1-2H3. The number of hydrogen-bond acceptors (Lipinski definition) is 3. The minimum Gasteiger partial charge on any atom is -0.357 e. The Balaban J connectivity index is 1.64. The smallest absolute Gasteiger partial charge is 0.227 e. The first-order valence-electron chi connectivity index (χ1n) is 13.1. The molecule has 3 aromatic rings. The van der Waals surface area contributed by atoms with E-state index in [0.29, 0.717) is 12.8 Å². The third-order valence-electron chi connectivity index (χ3n) is 7.42. The minimum atomic E-state index is -0.446. The number of benzene rings is 3. The first-order valence-corrected chi connectivity index (χ1v) is 13.1. The van der Waals surface area contributed by atoms with Crippen molar-refractivity contribution in [3.05, 3.63) is 107 Å². The van der Waals surface area contributed by atoms with Crippen LogP contribution in [0, 0.1) is 6.92 Å². The lowest BCUT2D eigenvalue weighted by molar-refractivity contribution is -0.119. The molecule has 0 fully saturated rings. The molecule has 0 radical (unpaired) electrons. The number of anilines is 2. The van der Waals surface area contributed by atoms with E-state index in [9.17, 15) is 9.59 Å². The van der Waals surface area contributed by atoms with E-state index in [2.05, 4.69) is 43.4 Å². The van der Waals surface area contributed by atoms with Crippen LogP contribution in [0.5, 0.6) is 0 Å². The highest BCUT2D eigenvalue weighted by Gasteiger charge is 2.41. The average molecular weight is 479 g/mol. The number of nitrogens with zero attached hydrogens (tertiary/aromatic N) is 1. The normalized spacial score (nSPS) is 19.3. The van der Waals surface area contributed by atoms with E-state index in [0.717, 1.165) is 53.9 Å². The van der Waals surface area contributed by atoms with Crippen LogP contribution in [0.2, 0.25) is 0 Å². The van der Waals surface area contributed by atoms with Gasteiger partial charge < -0.3 is 5.32 Å². The zero-order valence-corrected chi connectivity index (χ0v) is 21.2. The van der Waals surface area contributed by atoms with Crippen molar-refractivity contribution in [3.63, 3.8) is 0 Å². The van der Waals surface area contributed by atoms with Gasteiger partial charge in [-0.25, -0.2) is 0 Å². The molecule has 2 unspecified atom stereocenters. The molecule has 1 aliphatic carbocycles. The Morgan fingerprint density at radius 3 is 2.36 bits per heavy atom. The molecule has 0 saturated heterocycles. The van der Waals surface area contributed by atoms with E-state index >= 15 is 0 Å². The molecule has 3 aromatic carbocycles. The lowest BCUT2D eigenvalue weighted by Gasteiger charge is -2.35. The summed E-state index contributed by atoms with van der Waals surface area (Å²) in [6, 6.07) is 26.1. The summed E-state index contributed by atoms with van der Waals surface area (Å²) in [4.78, 5) is 29.7. The molecule has 0 saturated carbocycles. The zero-order valence-electron chi connectivity index (χ0n) is 21.2. The molecule has 5 rings (SSSR count). The largest absolute Gasteiger partial charge is 0.357 e. The predicted molar refractivity (Wildman–Crippen MR) is 146 cm³/mol. The van der Waals surface area contributed by atoms with Crippen LogP contribution in [0.4, 0.5) is 11.4 Å². The van der Waals surface area contributed by atoms with Crippen LogP contribution in [0.3, 0.4) is 0 Å². The van der Waals surface area contributed by atoms with E-state index in [1.54, 1.807) is 0 Å². The van der Waals surface area contributed by atoms with Gasteiger partial charge in [0.1, 0.15) is 0 Å². The lowest BCUT2D eigenvalue weighted by Crippen LogP contribution is -2.38. The van der Waals surface area contributed by atoms with Crippen molar-refractivity contribution in [2.45, 2.75) is 64.3 Å². The molecule has 1 amide bonds. The Hall–Kier alpha value is -3.66. The fourth-order valence-corrected chi connectivity index (χ4v) is 5.54. The first kappa shape index (κ1) is 24.1. The minimum absolute atomic E-state index is 0.0637. The number of nitrogens with one attached hydrogen (secondary N) is 1. The quantitative estimate of drug-likeness (QED) is 0.374. The lowest BCUT2D eigenvalue weighted by atomic mass is 9.78. The van der Waals surface area contributed by atoms with Crippen LogP contribution in [-0.2, 0) is 9.59 Å². The van der Waals surface area contributed by atoms with Gasteiger partial charge in [-0.2, -0.15) is 0 Å². The fourth-order valence-electron chi connectivity index (χ4n) is 5.54. The van der Waals surface area contributed by atoms with E-state index in [4.69, 9.17) is 0 Å². The summed E-state index contributed by atoms with van der Waals surface area (Å²) in [6.07, 6.45) is 4.57. The van der Waals surface area contributed by atoms with Crippen LogP contribution >= 0.6 is 0 Å². The van der Waals surface area contributed by atoms with Crippen LogP contribution in [-0.4, -0.2) is 11.7 Å². The molecule has 1 aliphatic heterocycles. The zero-order chi connectivity index (χ0) is 25.1. The summed E-state index contributed by atoms with van der Waals surface area (Å²) < 4.78 is 0. The maximum Gasteiger partial charge on any atom is 0.227 e. The summed E-state index contributed by atoms with van der Waals surface area (Å²) in [6.45, 7) is 4.22. The van der Waals surface area contributed by atoms with Crippen LogP contribution in [0.1, 0.15) is 74.1 Å². The number of amides is 1. The van der Waals surface area contributed by atoms with Gasteiger partial charge in [0.15, 0.2) is 5.78 Å². The topological polar surface area (TPSA) is 49.4 Å². The van der Waals surface area contributed by atoms with Gasteiger partial charge in [-0.3, -0.25) is 14.5 Å². The van der Waals surface area contributed by atoms with Crippen LogP contribution < -0.4 is 10.2 Å². The van der Waals surface area contributed by atoms with Gasteiger partial charge in [0.2, 0.25) is 5.91 Å². The van der Waals surface area contributed by atoms with Crippen molar-refractivity contribution in [1.29, 1.82) is 0 Å². The van der Waals surface area contributed by atoms with Gasteiger partial charge in [-0.05, 0) is 48.9 Å². The summed E-state index contributed by atoms with van der Waals surface area (Å²) in [5.41, 5.74) is 6.74. The van der Waals surface area contributed by atoms with E-state index < -0.39 is 6.04 Å². The second-order valence-corrected chi connectivity index (χ2v) is 10.0. The van der Waals surface area contributed by atoms with Gasteiger partial charge in [0.25, 0.3) is 0 Å². The van der Waals surface area contributed by atoms with E-state index in [1.807, 2.05) is 59.5 Å². The number of carbonyl (C=O) groups is 2. The molecule has 4 heteroatoms. The number of carbonyl (C=O) groups excluding carboxylic acids is 2. The number of Topliss-reactive ketones (excluding diaryl/α,β-unsaturated/α-hetero) is 1. The molecule has 184 valence electrons. The monoisotopic (exact) mass is 478 g/mol. The predicted octanol–water partition coefficient (Wildman–Crippen LogP) is 7.48. The molecule has 2 aliphatic rings. The molecular weight excluding hydrogens is 444 g/mol. The van der Waals surface area contributed by atoms with E-state index in [1.165, 1.54) is 11.1 Å². The molecule has 2 atom stereocenters. The molecule has 1 N–H and O–H groups in total. The highest BCUT2D eigenvalue weighted by Crippen LogP contribution is 2.47. The van der Waals surface area contributed by atoms with E-state index in [-0.39, 0.29) is 17.6 Å². The molecule has 0 bridgehead atoms. The highest BCUT2D eigenvalue weighted by atomic mass is 16.2. The van der Waals surface area contributed by atoms with Crippen molar-refractivity contribution in [3.8, 4) is 0 Å². The van der Waals surface area contributed by atoms with Gasteiger partial charge in [0.05, 0.1) is 17.4 Å². The summed E-state index contributed by atoms with van der Waals surface area (Å²) in [5.74, 6) is 0.288. The highest BCUT2D eigenvalue weighted by molar-refractivity contribution is 6.06. The average Bonchev–Trinajstić information content (AvgIpc) is 3.04. The van der Waals surface area contributed by atoms with Crippen molar-refractivity contribution in [2.24, 2.45) is 0 Å². The summed E-state index contributed by atoms with van der Waals surface area (Å²) in [5, 5.41) is 3.62. The number of unbranched alkanes of at least 4 members (excludes halogenated alkanes) is 2.